The Hall–Kier alpha value is -1.81. The topological polar surface area (TPSA) is 65.5 Å². The summed E-state index contributed by atoms with van der Waals surface area (Å²) >= 11 is 0. The molecule has 1 aromatic heterocycles. The summed E-state index contributed by atoms with van der Waals surface area (Å²) in [5, 5.41) is 0.685. The smallest absolute Gasteiger partial charge is 0.340 e. The highest BCUT2D eigenvalue weighted by Crippen LogP contribution is 2.21. The molecule has 0 radical (unpaired) electrons. The summed E-state index contributed by atoms with van der Waals surface area (Å²) in [4.78, 5) is 15.5. The second-order valence-corrected chi connectivity index (χ2v) is 2.54. The lowest BCUT2D eigenvalue weighted by molar-refractivity contribution is 0.335. The zero-order chi connectivity index (χ0) is 9.26. The van der Waals surface area contributed by atoms with Crippen LogP contribution in [0.25, 0.3) is 11.0 Å². The van der Waals surface area contributed by atoms with Crippen LogP contribution in [0.3, 0.4) is 0 Å². The van der Waals surface area contributed by atoms with Crippen molar-refractivity contribution in [2.75, 3.05) is 0 Å². The minimum absolute atomic E-state index is 0.326. The first kappa shape index (κ1) is 7.82. The van der Waals surface area contributed by atoms with E-state index in [1.165, 1.54) is 6.07 Å². The highest BCUT2D eigenvalue weighted by molar-refractivity contribution is 5.82. The first-order valence-electron chi connectivity index (χ1n) is 3.71. The van der Waals surface area contributed by atoms with Gasteiger partial charge in [0.15, 0.2) is 5.75 Å². The van der Waals surface area contributed by atoms with E-state index in [-0.39, 0.29) is 0 Å². The summed E-state index contributed by atoms with van der Waals surface area (Å²) in [5.41, 5.74) is -0.00500. The Labute approximate surface area is 73.5 Å². The Bertz CT molecular complexity index is 489. The number of rotatable bonds is 1. The molecule has 4 nitrogen and oxygen atoms in total. The molecule has 66 valence electrons. The van der Waals surface area contributed by atoms with Gasteiger partial charge in [0.25, 0.3) is 0 Å². The van der Waals surface area contributed by atoms with Gasteiger partial charge in [0.2, 0.25) is 0 Å². The van der Waals surface area contributed by atoms with Gasteiger partial charge in [-0.15, -0.1) is 0 Å². The standard InChI is InChI=1S/C9H7NO3/c10-13-8-5-9(11)12-7-4-2-1-3-6(7)8/h1-5H,10H2. The minimum Gasteiger partial charge on any atom is -0.422 e. The number of benzene rings is 1. The minimum atomic E-state index is -0.473. The molecule has 4 heteroatoms. The Morgan fingerprint density at radius 2 is 2.08 bits per heavy atom. The average Bonchev–Trinajstić information content (AvgIpc) is 2.16. The van der Waals surface area contributed by atoms with Crippen LogP contribution in [0.4, 0.5) is 0 Å². The molecule has 0 aliphatic rings. The number of nitrogens with two attached hydrogens (primary N) is 1. The Morgan fingerprint density at radius 3 is 2.85 bits per heavy atom. The van der Waals surface area contributed by atoms with Gasteiger partial charge in [-0.3, -0.25) is 0 Å². The average molecular weight is 177 g/mol. The summed E-state index contributed by atoms with van der Waals surface area (Å²) in [6.45, 7) is 0. The van der Waals surface area contributed by atoms with Crippen molar-refractivity contribution in [1.29, 1.82) is 0 Å². The van der Waals surface area contributed by atoms with E-state index in [9.17, 15) is 4.79 Å². The molecule has 0 fully saturated rings. The van der Waals surface area contributed by atoms with Crippen molar-refractivity contribution in [3.8, 4) is 5.75 Å². The molecule has 0 spiro atoms. The summed E-state index contributed by atoms with van der Waals surface area (Å²) in [6, 6.07) is 8.23. The van der Waals surface area contributed by atoms with E-state index in [1.807, 2.05) is 6.07 Å². The van der Waals surface area contributed by atoms with Crippen molar-refractivity contribution in [1.82, 2.24) is 0 Å². The molecule has 0 aliphatic heterocycles. The summed E-state index contributed by atoms with van der Waals surface area (Å²) in [6.07, 6.45) is 0. The van der Waals surface area contributed by atoms with E-state index in [4.69, 9.17) is 10.3 Å². The first-order chi connectivity index (χ1) is 6.31. The van der Waals surface area contributed by atoms with Gasteiger partial charge < -0.3 is 9.25 Å². The van der Waals surface area contributed by atoms with E-state index in [0.717, 1.165) is 0 Å². The maximum atomic E-state index is 11.0. The quantitative estimate of drug-likeness (QED) is 0.522. The summed E-state index contributed by atoms with van der Waals surface area (Å²) < 4.78 is 4.91. The molecular formula is C9H7NO3. The molecule has 13 heavy (non-hydrogen) atoms. The molecular weight excluding hydrogens is 170 g/mol. The van der Waals surface area contributed by atoms with E-state index in [1.54, 1.807) is 18.2 Å². The molecule has 2 aromatic rings. The van der Waals surface area contributed by atoms with Crippen LogP contribution < -0.4 is 16.4 Å². The lowest BCUT2D eigenvalue weighted by Crippen LogP contribution is -2.06. The van der Waals surface area contributed by atoms with Gasteiger partial charge in [0, 0.05) is 0 Å². The van der Waals surface area contributed by atoms with Crippen LogP contribution >= 0.6 is 0 Å². The third-order valence-electron chi connectivity index (χ3n) is 1.74. The predicted octanol–water partition coefficient (Wildman–Crippen LogP) is 1.05. The van der Waals surface area contributed by atoms with Crippen molar-refractivity contribution in [3.05, 3.63) is 40.8 Å². The second kappa shape index (κ2) is 2.91. The Balaban J connectivity index is 2.89. The zero-order valence-electron chi connectivity index (χ0n) is 6.69. The summed E-state index contributed by atoms with van der Waals surface area (Å²) in [5.74, 6) is 5.33. The van der Waals surface area contributed by atoms with Gasteiger partial charge in [0.1, 0.15) is 5.58 Å². The van der Waals surface area contributed by atoms with Crippen LogP contribution in [-0.2, 0) is 0 Å². The number of hydrogen-bond acceptors (Lipinski definition) is 4. The molecule has 1 heterocycles. The van der Waals surface area contributed by atoms with Crippen molar-refractivity contribution in [2.24, 2.45) is 5.90 Å². The monoisotopic (exact) mass is 177 g/mol. The van der Waals surface area contributed by atoms with Gasteiger partial charge >= 0.3 is 5.63 Å². The van der Waals surface area contributed by atoms with E-state index in [2.05, 4.69) is 4.84 Å². The number of fused-ring (bicyclic) bond motifs is 1. The molecule has 2 rings (SSSR count). The Morgan fingerprint density at radius 1 is 1.31 bits per heavy atom. The maximum Gasteiger partial charge on any atom is 0.340 e. The van der Waals surface area contributed by atoms with Crippen LogP contribution in [0.15, 0.2) is 39.5 Å². The van der Waals surface area contributed by atoms with Gasteiger partial charge in [-0.05, 0) is 12.1 Å². The third-order valence-corrected chi connectivity index (χ3v) is 1.74. The fraction of sp³-hybridized carbons (Fsp3) is 0. The van der Waals surface area contributed by atoms with Gasteiger partial charge in [-0.2, -0.15) is 5.90 Å². The largest absolute Gasteiger partial charge is 0.422 e. The first-order valence-corrected chi connectivity index (χ1v) is 3.71. The fourth-order valence-electron chi connectivity index (χ4n) is 1.18. The molecule has 0 bridgehead atoms. The lowest BCUT2D eigenvalue weighted by Gasteiger charge is -2.00. The number of hydrogen-bond donors (Lipinski definition) is 1. The van der Waals surface area contributed by atoms with E-state index < -0.39 is 5.63 Å². The highest BCUT2D eigenvalue weighted by atomic mass is 16.6. The van der Waals surface area contributed by atoms with Crippen LogP contribution in [0, 0.1) is 0 Å². The van der Waals surface area contributed by atoms with Gasteiger partial charge in [-0.1, -0.05) is 12.1 Å². The molecule has 0 unspecified atom stereocenters. The molecule has 1 aromatic carbocycles. The van der Waals surface area contributed by atoms with Crippen LogP contribution in [0.1, 0.15) is 0 Å². The molecule has 0 saturated heterocycles. The molecule has 0 atom stereocenters. The van der Waals surface area contributed by atoms with Crippen LogP contribution in [-0.4, -0.2) is 0 Å². The molecule has 2 N–H and O–H groups in total. The Kier molecular flexibility index (Phi) is 1.75. The van der Waals surface area contributed by atoms with Gasteiger partial charge in [-0.25, -0.2) is 4.79 Å². The third kappa shape index (κ3) is 1.27. The van der Waals surface area contributed by atoms with Crippen LogP contribution in [0.5, 0.6) is 5.75 Å². The van der Waals surface area contributed by atoms with Gasteiger partial charge in [0.05, 0.1) is 11.5 Å². The molecule has 0 aliphatic carbocycles. The molecule has 0 saturated carbocycles. The highest BCUT2D eigenvalue weighted by Gasteiger charge is 2.03. The normalized spacial score (nSPS) is 10.2. The van der Waals surface area contributed by atoms with Crippen molar-refractivity contribution in [2.45, 2.75) is 0 Å². The summed E-state index contributed by atoms with van der Waals surface area (Å²) in [7, 11) is 0. The van der Waals surface area contributed by atoms with E-state index in [0.29, 0.717) is 16.7 Å². The number of para-hydroxylation sites is 1. The maximum absolute atomic E-state index is 11.0. The lowest BCUT2D eigenvalue weighted by atomic mass is 10.2. The zero-order valence-corrected chi connectivity index (χ0v) is 6.69. The van der Waals surface area contributed by atoms with Crippen LogP contribution in [0.2, 0.25) is 0 Å². The fourth-order valence-corrected chi connectivity index (χ4v) is 1.18. The van der Waals surface area contributed by atoms with Crippen molar-refractivity contribution < 1.29 is 9.25 Å². The second-order valence-electron chi connectivity index (χ2n) is 2.54. The van der Waals surface area contributed by atoms with E-state index >= 15 is 0 Å². The SMILES string of the molecule is NOc1cc(=O)oc2ccccc12. The van der Waals surface area contributed by atoms with Crippen molar-refractivity contribution in [3.63, 3.8) is 0 Å². The van der Waals surface area contributed by atoms with Crippen molar-refractivity contribution >= 4 is 11.0 Å². The molecule has 0 amide bonds. The predicted molar refractivity (Wildman–Crippen MR) is 47.3 cm³/mol.